The van der Waals surface area contributed by atoms with Crippen molar-refractivity contribution in [1.29, 1.82) is 0 Å². The normalized spacial score (nSPS) is 11.1. The second kappa shape index (κ2) is 8.07. The number of carbonyl (C=O) groups excluding carboxylic acids is 1. The number of fused-ring (bicyclic) bond motifs is 2. The predicted octanol–water partition coefficient (Wildman–Crippen LogP) is 4.31. The molecule has 0 saturated heterocycles. The van der Waals surface area contributed by atoms with Crippen molar-refractivity contribution >= 4 is 55.4 Å². The van der Waals surface area contributed by atoms with Crippen molar-refractivity contribution in [3.8, 4) is 11.5 Å². The average molecular weight is 415 g/mol. The van der Waals surface area contributed by atoms with Crippen LogP contribution < -0.4 is 14.8 Å². The summed E-state index contributed by atoms with van der Waals surface area (Å²) in [6, 6.07) is 11.3. The monoisotopic (exact) mass is 414 g/mol. The molecular weight excluding hydrogens is 396 g/mol. The first kappa shape index (κ1) is 18.6. The van der Waals surface area contributed by atoms with Gasteiger partial charge in [0, 0.05) is 6.07 Å². The molecule has 2 aromatic carbocycles. The number of ether oxygens (including phenoxy) is 2. The number of aromatic amines is 1. The first-order chi connectivity index (χ1) is 13.6. The van der Waals surface area contributed by atoms with Gasteiger partial charge in [-0.2, -0.15) is 0 Å². The molecule has 0 fully saturated rings. The number of nitrogens with zero attached hydrogens (tertiary/aromatic N) is 2. The molecular formula is C19H18N4O3S2. The van der Waals surface area contributed by atoms with Crippen LogP contribution in [-0.2, 0) is 4.79 Å². The lowest BCUT2D eigenvalue weighted by molar-refractivity contribution is -0.113. The maximum atomic E-state index is 12.3. The van der Waals surface area contributed by atoms with E-state index in [0.29, 0.717) is 16.9 Å². The topological polar surface area (TPSA) is 89.1 Å². The summed E-state index contributed by atoms with van der Waals surface area (Å²) in [4.78, 5) is 24.4. The molecule has 7 nitrogen and oxygen atoms in total. The smallest absolute Gasteiger partial charge is 0.236 e. The van der Waals surface area contributed by atoms with E-state index >= 15 is 0 Å². The highest BCUT2D eigenvalue weighted by Gasteiger charge is 2.11. The molecule has 0 unspecified atom stereocenters. The quantitative estimate of drug-likeness (QED) is 0.438. The number of methoxy groups -OCH3 is 1. The minimum atomic E-state index is -0.133. The third-order valence-electron chi connectivity index (χ3n) is 3.92. The Morgan fingerprint density at radius 3 is 2.82 bits per heavy atom. The maximum absolute atomic E-state index is 12.3. The van der Waals surface area contributed by atoms with E-state index in [-0.39, 0.29) is 11.7 Å². The Morgan fingerprint density at radius 1 is 1.18 bits per heavy atom. The fraction of sp³-hybridized carbons (Fsp3) is 0.211. The molecule has 1 amide bonds. The standard InChI is InChI=1S/C19H18N4O3S2/c1-3-26-12-5-6-13-15(8-12)22-18(20-13)27-10-17(24)23-19-21-14-7-4-11(25-2)9-16(14)28-19/h4-9H,3,10H2,1-2H3,(H,20,22)(H,21,23,24). The second-order valence-electron chi connectivity index (χ2n) is 5.84. The van der Waals surface area contributed by atoms with Crippen LogP contribution in [0.1, 0.15) is 6.92 Å². The number of benzene rings is 2. The Morgan fingerprint density at radius 2 is 2.00 bits per heavy atom. The second-order valence-corrected chi connectivity index (χ2v) is 7.84. The van der Waals surface area contributed by atoms with Crippen LogP contribution >= 0.6 is 23.1 Å². The molecule has 0 bridgehead atoms. The Hall–Kier alpha value is -2.78. The van der Waals surface area contributed by atoms with Crippen LogP contribution in [0.5, 0.6) is 11.5 Å². The van der Waals surface area contributed by atoms with Crippen LogP contribution in [0, 0.1) is 0 Å². The number of carbonyl (C=O) groups is 1. The highest BCUT2D eigenvalue weighted by atomic mass is 32.2. The number of anilines is 1. The predicted molar refractivity (Wildman–Crippen MR) is 113 cm³/mol. The molecule has 0 atom stereocenters. The van der Waals surface area contributed by atoms with E-state index in [2.05, 4.69) is 20.3 Å². The van der Waals surface area contributed by atoms with Crippen molar-refractivity contribution in [2.45, 2.75) is 12.1 Å². The molecule has 2 heterocycles. The van der Waals surface area contributed by atoms with Crippen LogP contribution in [0.2, 0.25) is 0 Å². The van der Waals surface area contributed by atoms with Crippen LogP contribution in [0.25, 0.3) is 21.3 Å². The van der Waals surface area contributed by atoms with Crippen molar-refractivity contribution in [3.05, 3.63) is 36.4 Å². The SMILES string of the molecule is CCOc1ccc2nc(SCC(=O)Nc3nc4ccc(OC)cc4s3)[nH]c2c1. The van der Waals surface area contributed by atoms with Gasteiger partial charge < -0.3 is 19.8 Å². The number of nitrogens with one attached hydrogen (secondary N) is 2. The molecule has 28 heavy (non-hydrogen) atoms. The highest BCUT2D eigenvalue weighted by Crippen LogP contribution is 2.29. The number of thioether (sulfide) groups is 1. The van der Waals surface area contributed by atoms with Gasteiger partial charge in [0.1, 0.15) is 11.5 Å². The Labute approximate surface area is 169 Å². The first-order valence-corrected chi connectivity index (χ1v) is 10.4. The molecule has 4 aromatic rings. The summed E-state index contributed by atoms with van der Waals surface area (Å²) in [5.74, 6) is 1.66. The molecule has 0 aliphatic heterocycles. The number of hydrogen-bond donors (Lipinski definition) is 2. The minimum Gasteiger partial charge on any atom is -0.497 e. The number of hydrogen-bond acceptors (Lipinski definition) is 7. The van der Waals surface area contributed by atoms with Gasteiger partial charge in [-0.3, -0.25) is 4.79 Å². The molecule has 4 rings (SSSR count). The van der Waals surface area contributed by atoms with Gasteiger partial charge in [0.15, 0.2) is 10.3 Å². The lowest BCUT2D eigenvalue weighted by atomic mass is 10.3. The summed E-state index contributed by atoms with van der Waals surface area (Å²) >= 11 is 2.76. The Kier molecular flexibility index (Phi) is 5.36. The zero-order valence-corrected chi connectivity index (χ0v) is 16.9. The van der Waals surface area contributed by atoms with Gasteiger partial charge in [-0.25, -0.2) is 9.97 Å². The number of H-pyrrole nitrogens is 1. The van der Waals surface area contributed by atoms with E-state index in [9.17, 15) is 4.79 Å². The maximum Gasteiger partial charge on any atom is 0.236 e. The fourth-order valence-corrected chi connectivity index (χ4v) is 4.26. The van der Waals surface area contributed by atoms with Gasteiger partial charge in [0.2, 0.25) is 5.91 Å². The lowest BCUT2D eigenvalue weighted by Gasteiger charge is -2.00. The molecule has 0 aliphatic rings. The van der Waals surface area contributed by atoms with Gasteiger partial charge in [0.25, 0.3) is 0 Å². The number of aromatic nitrogens is 3. The Balaban J connectivity index is 1.39. The van der Waals surface area contributed by atoms with Crippen molar-refractivity contribution in [1.82, 2.24) is 15.0 Å². The molecule has 144 valence electrons. The van der Waals surface area contributed by atoms with Crippen LogP contribution in [0.3, 0.4) is 0 Å². The van der Waals surface area contributed by atoms with Gasteiger partial charge >= 0.3 is 0 Å². The zero-order valence-electron chi connectivity index (χ0n) is 15.3. The summed E-state index contributed by atoms with van der Waals surface area (Å²) in [5.41, 5.74) is 2.55. The van der Waals surface area contributed by atoms with Crippen molar-refractivity contribution in [3.63, 3.8) is 0 Å². The van der Waals surface area contributed by atoms with Gasteiger partial charge in [-0.05, 0) is 37.3 Å². The van der Waals surface area contributed by atoms with Crippen molar-refractivity contribution in [2.75, 3.05) is 24.8 Å². The van der Waals surface area contributed by atoms with Gasteiger partial charge in [-0.1, -0.05) is 23.1 Å². The van der Waals surface area contributed by atoms with Gasteiger partial charge in [-0.15, -0.1) is 0 Å². The summed E-state index contributed by atoms with van der Waals surface area (Å²) in [6.07, 6.45) is 0. The summed E-state index contributed by atoms with van der Waals surface area (Å²) in [7, 11) is 1.62. The van der Waals surface area contributed by atoms with E-state index in [1.54, 1.807) is 7.11 Å². The van der Waals surface area contributed by atoms with Crippen LogP contribution in [0.4, 0.5) is 5.13 Å². The number of rotatable bonds is 7. The highest BCUT2D eigenvalue weighted by molar-refractivity contribution is 7.99. The van der Waals surface area contributed by atoms with E-state index in [4.69, 9.17) is 9.47 Å². The third-order valence-corrected chi connectivity index (χ3v) is 5.73. The minimum absolute atomic E-state index is 0.133. The van der Waals surface area contributed by atoms with Crippen molar-refractivity contribution in [2.24, 2.45) is 0 Å². The van der Waals surface area contributed by atoms with Gasteiger partial charge in [0.05, 0.1) is 40.7 Å². The summed E-state index contributed by atoms with van der Waals surface area (Å²) < 4.78 is 11.7. The molecule has 9 heteroatoms. The largest absolute Gasteiger partial charge is 0.497 e. The van der Waals surface area contributed by atoms with Crippen molar-refractivity contribution < 1.29 is 14.3 Å². The molecule has 2 N–H and O–H groups in total. The summed E-state index contributed by atoms with van der Waals surface area (Å²) in [5, 5.41) is 4.10. The number of amides is 1. The number of thiazole rings is 1. The third kappa shape index (κ3) is 4.05. The average Bonchev–Trinajstić information content (AvgIpc) is 3.28. The molecule has 0 radical (unpaired) electrons. The molecule has 2 aromatic heterocycles. The molecule has 0 spiro atoms. The molecule has 0 aliphatic carbocycles. The van der Waals surface area contributed by atoms with E-state index in [1.807, 2.05) is 43.3 Å². The van der Waals surface area contributed by atoms with Crippen LogP contribution in [-0.4, -0.2) is 40.3 Å². The van der Waals surface area contributed by atoms with Crippen LogP contribution in [0.15, 0.2) is 41.6 Å². The zero-order chi connectivity index (χ0) is 19.5. The Bertz CT molecular complexity index is 1140. The molecule has 0 saturated carbocycles. The van der Waals surface area contributed by atoms with E-state index in [1.165, 1.54) is 23.1 Å². The first-order valence-electron chi connectivity index (χ1n) is 8.64. The lowest BCUT2D eigenvalue weighted by Crippen LogP contribution is -2.13. The van der Waals surface area contributed by atoms with E-state index < -0.39 is 0 Å². The van der Waals surface area contributed by atoms with E-state index in [0.717, 1.165) is 32.7 Å². The number of imidazole rings is 1. The summed E-state index contributed by atoms with van der Waals surface area (Å²) in [6.45, 7) is 2.55. The fourth-order valence-electron chi connectivity index (χ4n) is 2.66.